The van der Waals surface area contributed by atoms with Crippen LogP contribution in [-0.2, 0) is 0 Å². The second-order valence-electron chi connectivity index (χ2n) is 7.48. The van der Waals surface area contributed by atoms with Gasteiger partial charge in [-0.3, -0.25) is 14.8 Å². The number of para-hydroxylation sites is 1. The molecule has 2 aliphatic heterocycles. The lowest BCUT2D eigenvalue weighted by molar-refractivity contribution is 0.103. The summed E-state index contributed by atoms with van der Waals surface area (Å²) >= 11 is 0. The molecule has 30 heavy (non-hydrogen) atoms. The van der Waals surface area contributed by atoms with E-state index in [0.717, 1.165) is 38.5 Å². The predicted octanol–water partition coefficient (Wildman–Crippen LogP) is 4.03. The van der Waals surface area contributed by atoms with E-state index in [2.05, 4.69) is 38.5 Å². The average molecular weight is 391 g/mol. The van der Waals surface area contributed by atoms with Gasteiger partial charge in [0.15, 0.2) is 5.82 Å². The van der Waals surface area contributed by atoms with Gasteiger partial charge in [-0.15, -0.1) is 0 Å². The summed E-state index contributed by atoms with van der Waals surface area (Å²) < 4.78 is 0. The Labute approximate surface area is 172 Å². The first-order valence-corrected chi connectivity index (χ1v) is 9.77. The summed E-state index contributed by atoms with van der Waals surface area (Å²) in [5.41, 5.74) is 5.89. The van der Waals surface area contributed by atoms with Gasteiger partial charge in [-0.25, -0.2) is 4.98 Å². The van der Waals surface area contributed by atoms with Crippen LogP contribution in [0.2, 0.25) is 0 Å². The van der Waals surface area contributed by atoms with Crippen molar-refractivity contribution in [1.29, 1.82) is 0 Å². The molecular weight excluding hydrogens is 374 g/mol. The Morgan fingerprint density at radius 2 is 2.00 bits per heavy atom. The third-order valence-electron chi connectivity index (χ3n) is 5.77. The van der Waals surface area contributed by atoms with Crippen LogP contribution < -0.4 is 5.32 Å². The summed E-state index contributed by atoms with van der Waals surface area (Å²) in [5, 5.41) is 5.48. The molecular formula is C24H17N5O. The first kappa shape index (κ1) is 17.0. The van der Waals surface area contributed by atoms with Gasteiger partial charge in [0.2, 0.25) is 5.78 Å². The maximum absolute atomic E-state index is 13.2. The summed E-state index contributed by atoms with van der Waals surface area (Å²) in [7, 11) is 1.93. The highest BCUT2D eigenvalue weighted by molar-refractivity contribution is 6.09. The molecule has 6 nitrogen and oxygen atoms in total. The number of H-pyrrole nitrogens is 1. The monoisotopic (exact) mass is 391 g/mol. The lowest BCUT2D eigenvalue weighted by Crippen LogP contribution is -2.18. The summed E-state index contributed by atoms with van der Waals surface area (Å²) in [6.07, 6.45) is 5.32. The van der Waals surface area contributed by atoms with Crippen molar-refractivity contribution in [2.24, 2.45) is 0 Å². The number of nitrogens with one attached hydrogen (secondary N) is 2. The number of nitrogens with zero attached hydrogens (tertiary/aromatic N) is 3. The summed E-state index contributed by atoms with van der Waals surface area (Å²) in [5.74, 6) is 0.166. The number of hydrogen-bond donors (Lipinski definition) is 2. The fourth-order valence-electron chi connectivity index (χ4n) is 4.33. The molecule has 0 spiro atoms. The molecule has 2 aliphatic rings. The maximum atomic E-state index is 13.2. The fraction of sp³-hybridized carbons (Fsp3) is 0.0833. The number of pyridine rings is 2. The van der Waals surface area contributed by atoms with Crippen LogP contribution in [0.3, 0.4) is 0 Å². The predicted molar refractivity (Wildman–Crippen MR) is 115 cm³/mol. The maximum Gasteiger partial charge on any atom is 0.228 e. The van der Waals surface area contributed by atoms with Crippen molar-refractivity contribution in [1.82, 2.24) is 25.3 Å². The standard InChI is InChI=1S/C24H17N5O/c1-25-21-13-5-6-16-15(9-13)11-26-12-18(16)20-10-14(7-8-27-20)23(30)24-28-19-4-2-3-17(21)22(19)29-24/h2-12,21,25H,1H3,(H,28,29). The second-order valence-corrected chi connectivity index (χ2v) is 7.48. The molecule has 0 aliphatic carbocycles. The molecule has 0 fully saturated rings. The minimum Gasteiger partial charge on any atom is -0.335 e. The minimum atomic E-state index is -0.159. The number of rotatable bonds is 1. The highest BCUT2D eigenvalue weighted by Gasteiger charge is 2.22. The van der Waals surface area contributed by atoms with Crippen LogP contribution in [-0.4, -0.2) is 32.8 Å². The van der Waals surface area contributed by atoms with Crippen molar-refractivity contribution < 1.29 is 4.79 Å². The van der Waals surface area contributed by atoms with Crippen LogP contribution in [0.15, 0.2) is 67.1 Å². The lowest BCUT2D eigenvalue weighted by atomic mass is 9.94. The molecule has 2 N–H and O–H groups in total. The van der Waals surface area contributed by atoms with Gasteiger partial charge in [0.25, 0.3) is 0 Å². The van der Waals surface area contributed by atoms with E-state index in [1.807, 2.05) is 37.5 Å². The Bertz CT molecular complexity index is 1470. The molecule has 8 bridgehead atoms. The largest absolute Gasteiger partial charge is 0.335 e. The van der Waals surface area contributed by atoms with E-state index in [4.69, 9.17) is 4.98 Å². The number of hydrogen-bond acceptors (Lipinski definition) is 5. The third-order valence-corrected chi connectivity index (χ3v) is 5.77. The molecule has 0 saturated heterocycles. The molecule has 2 aromatic carbocycles. The lowest BCUT2D eigenvalue weighted by Gasteiger charge is -2.19. The normalized spacial score (nSPS) is 15.4. The highest BCUT2D eigenvalue weighted by Crippen LogP contribution is 2.33. The van der Waals surface area contributed by atoms with Crippen LogP contribution in [0.1, 0.15) is 33.4 Å². The first-order valence-electron chi connectivity index (χ1n) is 9.77. The third kappa shape index (κ3) is 2.41. The van der Waals surface area contributed by atoms with Gasteiger partial charge in [0, 0.05) is 40.7 Å². The number of ketones is 1. The Balaban J connectivity index is 1.76. The summed E-state index contributed by atoms with van der Waals surface area (Å²) in [6.45, 7) is 0. The van der Waals surface area contributed by atoms with Gasteiger partial charge < -0.3 is 10.3 Å². The molecule has 3 aromatic heterocycles. The number of fused-ring (bicyclic) bond motifs is 1. The molecule has 5 heterocycles. The van der Waals surface area contributed by atoms with Gasteiger partial charge in [-0.1, -0.05) is 24.3 Å². The zero-order chi connectivity index (χ0) is 20.2. The summed E-state index contributed by atoms with van der Waals surface area (Å²) in [4.78, 5) is 30.1. The number of aromatic nitrogens is 4. The Morgan fingerprint density at radius 1 is 1.07 bits per heavy atom. The Hall–Kier alpha value is -3.90. The number of benzene rings is 2. The molecule has 5 aromatic rings. The Kier molecular flexibility index (Phi) is 3.57. The van der Waals surface area contributed by atoms with Gasteiger partial charge in [0.1, 0.15) is 0 Å². The molecule has 1 unspecified atom stereocenters. The SMILES string of the molecule is CNC1c2ccc3c(cncc3c2)-c2cc(ccn2)C(=O)c2nc3c1cccc3[nH]2. The van der Waals surface area contributed by atoms with Gasteiger partial charge in [-0.05, 0) is 42.3 Å². The van der Waals surface area contributed by atoms with Crippen LogP contribution in [0.4, 0.5) is 0 Å². The van der Waals surface area contributed by atoms with Crippen molar-refractivity contribution in [2.75, 3.05) is 7.05 Å². The highest BCUT2D eigenvalue weighted by atomic mass is 16.1. The topological polar surface area (TPSA) is 83.6 Å². The number of aromatic amines is 1. The number of imidazole rings is 1. The van der Waals surface area contributed by atoms with E-state index in [9.17, 15) is 4.79 Å². The van der Waals surface area contributed by atoms with E-state index < -0.39 is 0 Å². The number of carbonyl (C=O) groups excluding carboxylic acids is 1. The molecule has 0 saturated carbocycles. The molecule has 6 heteroatoms. The van der Waals surface area contributed by atoms with Crippen molar-refractivity contribution in [3.63, 3.8) is 0 Å². The van der Waals surface area contributed by atoms with Crippen LogP contribution in [0, 0.1) is 0 Å². The first-order chi connectivity index (χ1) is 14.7. The van der Waals surface area contributed by atoms with E-state index in [0.29, 0.717) is 17.1 Å². The zero-order valence-corrected chi connectivity index (χ0v) is 16.2. The minimum absolute atomic E-state index is 0.0769. The van der Waals surface area contributed by atoms with E-state index in [-0.39, 0.29) is 11.8 Å². The second kappa shape index (κ2) is 6.30. The average Bonchev–Trinajstić information content (AvgIpc) is 3.23. The molecule has 144 valence electrons. The van der Waals surface area contributed by atoms with E-state index in [1.165, 1.54) is 0 Å². The van der Waals surface area contributed by atoms with Crippen LogP contribution in [0.25, 0.3) is 33.1 Å². The summed E-state index contributed by atoms with van der Waals surface area (Å²) in [6, 6.07) is 15.8. The molecule has 0 radical (unpaired) electrons. The van der Waals surface area contributed by atoms with Crippen LogP contribution >= 0.6 is 0 Å². The Morgan fingerprint density at radius 3 is 2.90 bits per heavy atom. The van der Waals surface area contributed by atoms with Crippen molar-refractivity contribution in [3.8, 4) is 11.3 Å². The van der Waals surface area contributed by atoms with Gasteiger partial charge in [-0.2, -0.15) is 0 Å². The number of carbonyl (C=O) groups is 1. The van der Waals surface area contributed by atoms with Gasteiger partial charge in [0.05, 0.1) is 22.8 Å². The molecule has 7 rings (SSSR count). The van der Waals surface area contributed by atoms with Crippen molar-refractivity contribution >= 4 is 27.6 Å². The van der Waals surface area contributed by atoms with E-state index >= 15 is 0 Å². The van der Waals surface area contributed by atoms with Crippen molar-refractivity contribution in [2.45, 2.75) is 6.04 Å². The smallest absolute Gasteiger partial charge is 0.228 e. The fourth-order valence-corrected chi connectivity index (χ4v) is 4.33. The zero-order valence-electron chi connectivity index (χ0n) is 16.2. The van der Waals surface area contributed by atoms with Gasteiger partial charge >= 0.3 is 0 Å². The van der Waals surface area contributed by atoms with Crippen LogP contribution in [0.5, 0.6) is 0 Å². The molecule has 1 atom stereocenters. The van der Waals surface area contributed by atoms with Crippen molar-refractivity contribution in [3.05, 3.63) is 89.6 Å². The molecule has 0 amide bonds. The quantitative estimate of drug-likeness (QED) is 0.451. The van der Waals surface area contributed by atoms with E-state index in [1.54, 1.807) is 18.5 Å².